The van der Waals surface area contributed by atoms with Crippen molar-refractivity contribution in [3.8, 4) is 0 Å². The molecule has 1 nitrogen and oxygen atoms in total. The smallest absolute Gasteiger partial charge is 0.0155 e. The van der Waals surface area contributed by atoms with E-state index in [9.17, 15) is 0 Å². The largest absolute Gasteiger partial charge is 0.316 e. The SMILES string of the molecule is C=CCCCCCC(CSCC(C)C)NC. The van der Waals surface area contributed by atoms with Crippen molar-refractivity contribution in [2.45, 2.75) is 52.0 Å². The van der Waals surface area contributed by atoms with Crippen LogP contribution in [0.3, 0.4) is 0 Å². The van der Waals surface area contributed by atoms with E-state index < -0.39 is 0 Å². The van der Waals surface area contributed by atoms with Gasteiger partial charge in [-0.25, -0.2) is 0 Å². The van der Waals surface area contributed by atoms with Gasteiger partial charge >= 0.3 is 0 Å². The highest BCUT2D eigenvalue weighted by Crippen LogP contribution is 2.13. The minimum Gasteiger partial charge on any atom is -0.316 e. The topological polar surface area (TPSA) is 12.0 Å². The van der Waals surface area contributed by atoms with Crippen LogP contribution in [0.25, 0.3) is 0 Å². The van der Waals surface area contributed by atoms with Gasteiger partial charge in [-0.3, -0.25) is 0 Å². The van der Waals surface area contributed by atoms with Crippen LogP contribution >= 0.6 is 11.8 Å². The molecule has 0 spiro atoms. The third-order valence-corrected chi connectivity index (χ3v) is 4.18. The van der Waals surface area contributed by atoms with E-state index in [0.717, 1.165) is 5.92 Å². The molecule has 0 saturated carbocycles. The number of allylic oxidation sites excluding steroid dienone is 1. The van der Waals surface area contributed by atoms with E-state index in [0.29, 0.717) is 6.04 Å². The maximum absolute atomic E-state index is 3.75. The second-order valence-electron chi connectivity index (χ2n) is 4.84. The molecule has 0 rings (SSSR count). The molecule has 0 aromatic heterocycles. The number of rotatable bonds is 11. The lowest BCUT2D eigenvalue weighted by atomic mass is 10.1. The van der Waals surface area contributed by atoms with Gasteiger partial charge < -0.3 is 5.32 Å². The molecule has 0 fully saturated rings. The van der Waals surface area contributed by atoms with Crippen LogP contribution in [0.4, 0.5) is 0 Å². The van der Waals surface area contributed by atoms with Crippen molar-refractivity contribution in [3.05, 3.63) is 12.7 Å². The fraction of sp³-hybridized carbons (Fsp3) is 0.857. The number of hydrogen-bond acceptors (Lipinski definition) is 2. The molecule has 0 aliphatic heterocycles. The summed E-state index contributed by atoms with van der Waals surface area (Å²) in [5.41, 5.74) is 0. The third-order valence-electron chi connectivity index (χ3n) is 2.64. The lowest BCUT2D eigenvalue weighted by Crippen LogP contribution is -2.27. The van der Waals surface area contributed by atoms with E-state index in [1.807, 2.05) is 6.08 Å². The van der Waals surface area contributed by atoms with Gasteiger partial charge in [0.15, 0.2) is 0 Å². The second-order valence-corrected chi connectivity index (χ2v) is 5.92. The maximum Gasteiger partial charge on any atom is 0.0155 e. The van der Waals surface area contributed by atoms with Crippen LogP contribution < -0.4 is 5.32 Å². The molecule has 0 aliphatic rings. The Morgan fingerprint density at radius 2 is 1.94 bits per heavy atom. The average molecular weight is 243 g/mol. The van der Waals surface area contributed by atoms with E-state index >= 15 is 0 Å². The molecule has 1 unspecified atom stereocenters. The summed E-state index contributed by atoms with van der Waals surface area (Å²) in [4.78, 5) is 0. The quantitative estimate of drug-likeness (QED) is 0.433. The molecule has 0 radical (unpaired) electrons. The minimum atomic E-state index is 0.701. The van der Waals surface area contributed by atoms with Gasteiger partial charge in [-0.05, 0) is 38.0 Å². The van der Waals surface area contributed by atoms with Crippen LogP contribution in [0.1, 0.15) is 46.0 Å². The van der Waals surface area contributed by atoms with E-state index in [1.54, 1.807) is 0 Å². The summed E-state index contributed by atoms with van der Waals surface area (Å²) in [5, 5.41) is 3.43. The summed E-state index contributed by atoms with van der Waals surface area (Å²) in [6, 6.07) is 0.701. The predicted molar refractivity (Wildman–Crippen MR) is 78.3 cm³/mol. The zero-order valence-electron chi connectivity index (χ0n) is 11.3. The molecule has 16 heavy (non-hydrogen) atoms. The van der Waals surface area contributed by atoms with Gasteiger partial charge in [0.25, 0.3) is 0 Å². The highest BCUT2D eigenvalue weighted by molar-refractivity contribution is 7.99. The van der Waals surface area contributed by atoms with Gasteiger partial charge in [-0.15, -0.1) is 6.58 Å². The molecule has 0 saturated heterocycles. The van der Waals surface area contributed by atoms with Crippen molar-refractivity contribution in [2.75, 3.05) is 18.6 Å². The van der Waals surface area contributed by atoms with E-state index in [4.69, 9.17) is 0 Å². The highest BCUT2D eigenvalue weighted by Gasteiger charge is 2.06. The molecule has 0 bridgehead atoms. The van der Waals surface area contributed by atoms with Crippen LogP contribution in [-0.2, 0) is 0 Å². The van der Waals surface area contributed by atoms with Crippen LogP contribution in [-0.4, -0.2) is 24.6 Å². The van der Waals surface area contributed by atoms with Crippen molar-refractivity contribution in [1.82, 2.24) is 5.32 Å². The first kappa shape index (κ1) is 16.1. The van der Waals surface area contributed by atoms with Gasteiger partial charge in [0.1, 0.15) is 0 Å². The van der Waals surface area contributed by atoms with Gasteiger partial charge in [-0.2, -0.15) is 11.8 Å². The molecule has 96 valence electrons. The second kappa shape index (κ2) is 11.5. The Hall–Kier alpha value is 0.0500. The average Bonchev–Trinajstić information content (AvgIpc) is 2.26. The zero-order chi connectivity index (χ0) is 12.2. The Labute approximate surface area is 106 Å². The van der Waals surface area contributed by atoms with Gasteiger partial charge in [0.05, 0.1) is 0 Å². The molecule has 0 aromatic carbocycles. The van der Waals surface area contributed by atoms with Crippen molar-refractivity contribution < 1.29 is 0 Å². The zero-order valence-corrected chi connectivity index (χ0v) is 12.1. The normalized spacial score (nSPS) is 13.0. The first-order chi connectivity index (χ1) is 7.70. The summed E-state index contributed by atoms with van der Waals surface area (Å²) in [6.07, 6.45) is 8.51. The van der Waals surface area contributed by atoms with Crippen molar-refractivity contribution in [2.24, 2.45) is 5.92 Å². The molecular weight excluding hydrogens is 214 g/mol. The Kier molecular flexibility index (Phi) is 11.6. The molecule has 1 atom stereocenters. The molecule has 0 heterocycles. The molecular formula is C14H29NS. The van der Waals surface area contributed by atoms with E-state index in [-0.39, 0.29) is 0 Å². The Morgan fingerprint density at radius 1 is 1.19 bits per heavy atom. The molecule has 0 aromatic rings. The van der Waals surface area contributed by atoms with Gasteiger partial charge in [0.2, 0.25) is 0 Å². The molecule has 1 N–H and O–H groups in total. The summed E-state index contributed by atoms with van der Waals surface area (Å²) >= 11 is 2.08. The first-order valence-electron chi connectivity index (χ1n) is 6.56. The van der Waals surface area contributed by atoms with Crippen LogP contribution in [0.2, 0.25) is 0 Å². The maximum atomic E-state index is 3.75. The predicted octanol–water partition coefficient (Wildman–Crippen LogP) is 4.10. The van der Waals surface area contributed by atoms with Crippen LogP contribution in [0.5, 0.6) is 0 Å². The standard InChI is InChI=1S/C14H29NS/c1-5-6-7-8-9-10-14(15-4)12-16-11-13(2)3/h5,13-15H,1,6-12H2,2-4H3. The molecule has 0 aliphatic carbocycles. The Balaban J connectivity index is 3.40. The monoisotopic (exact) mass is 243 g/mol. The third kappa shape index (κ3) is 10.6. The lowest BCUT2D eigenvalue weighted by Gasteiger charge is -2.16. The molecule has 0 amide bonds. The number of unbranched alkanes of at least 4 members (excludes halogenated alkanes) is 3. The number of thioether (sulfide) groups is 1. The van der Waals surface area contributed by atoms with Crippen molar-refractivity contribution >= 4 is 11.8 Å². The van der Waals surface area contributed by atoms with Crippen LogP contribution in [0, 0.1) is 5.92 Å². The van der Waals surface area contributed by atoms with Crippen LogP contribution in [0.15, 0.2) is 12.7 Å². The molecule has 2 heteroatoms. The summed E-state index contributed by atoms with van der Waals surface area (Å²) in [6.45, 7) is 8.33. The van der Waals surface area contributed by atoms with Crippen molar-refractivity contribution in [1.29, 1.82) is 0 Å². The number of hydrogen-bond donors (Lipinski definition) is 1. The summed E-state index contributed by atoms with van der Waals surface area (Å²) in [5.74, 6) is 3.36. The van der Waals surface area contributed by atoms with E-state index in [1.165, 1.54) is 43.6 Å². The van der Waals surface area contributed by atoms with E-state index in [2.05, 4.69) is 44.6 Å². The van der Waals surface area contributed by atoms with Gasteiger partial charge in [0, 0.05) is 11.8 Å². The fourth-order valence-electron chi connectivity index (χ4n) is 1.61. The van der Waals surface area contributed by atoms with Crippen molar-refractivity contribution in [3.63, 3.8) is 0 Å². The Bertz CT molecular complexity index is 157. The lowest BCUT2D eigenvalue weighted by molar-refractivity contribution is 0.526. The highest BCUT2D eigenvalue weighted by atomic mass is 32.2. The summed E-state index contributed by atoms with van der Waals surface area (Å²) in [7, 11) is 2.09. The Morgan fingerprint density at radius 3 is 2.50 bits per heavy atom. The number of nitrogens with one attached hydrogen (secondary N) is 1. The summed E-state index contributed by atoms with van der Waals surface area (Å²) < 4.78 is 0. The first-order valence-corrected chi connectivity index (χ1v) is 7.72. The van der Waals surface area contributed by atoms with Gasteiger partial charge in [-0.1, -0.05) is 32.8 Å². The minimum absolute atomic E-state index is 0.701. The fourth-order valence-corrected chi connectivity index (χ4v) is 2.84.